The van der Waals surface area contributed by atoms with Crippen molar-refractivity contribution in [2.45, 2.75) is 12.4 Å². The molecule has 0 saturated heterocycles. The Balaban J connectivity index is 3.45. The van der Waals surface area contributed by atoms with Crippen molar-refractivity contribution in [3.8, 4) is 5.75 Å². The van der Waals surface area contributed by atoms with Crippen molar-refractivity contribution in [1.29, 1.82) is 0 Å². The first kappa shape index (κ1) is 12.7. The second kappa shape index (κ2) is 3.88. The van der Waals surface area contributed by atoms with E-state index in [1.54, 1.807) is 0 Å². The zero-order valence-corrected chi connectivity index (χ0v) is 7.91. The highest BCUT2D eigenvalue weighted by atomic mass is 19.4. The normalized spacial score (nSPS) is 12.7. The lowest BCUT2D eigenvalue weighted by atomic mass is 10.1. The maximum atomic E-state index is 12.4. The summed E-state index contributed by atoms with van der Waals surface area (Å²) in [6.07, 6.45) is -9.76. The number of rotatable bonds is 1. The van der Waals surface area contributed by atoms with Gasteiger partial charge < -0.3 is 4.74 Å². The predicted molar refractivity (Wildman–Crippen MR) is 43.0 cm³/mol. The van der Waals surface area contributed by atoms with Crippen LogP contribution in [-0.4, -0.2) is 7.11 Å². The number of hydrogen-bond donors (Lipinski definition) is 0. The zero-order valence-electron chi connectivity index (χ0n) is 7.91. The average Bonchev–Trinajstić information content (AvgIpc) is 2.13. The third kappa shape index (κ3) is 2.40. The molecule has 0 aromatic heterocycles. The summed E-state index contributed by atoms with van der Waals surface area (Å²) in [7, 11) is 0.764. The SMILES string of the molecule is COc1c(C(F)(F)F)cccc1C(F)(F)F. The van der Waals surface area contributed by atoms with Crippen LogP contribution in [-0.2, 0) is 12.4 Å². The predicted octanol–water partition coefficient (Wildman–Crippen LogP) is 3.73. The molecule has 0 radical (unpaired) electrons. The van der Waals surface area contributed by atoms with Gasteiger partial charge in [-0.2, -0.15) is 26.3 Å². The van der Waals surface area contributed by atoms with Crippen LogP contribution in [0.2, 0.25) is 0 Å². The first-order chi connectivity index (χ1) is 7.18. The monoisotopic (exact) mass is 244 g/mol. The first-order valence-electron chi connectivity index (χ1n) is 3.99. The number of alkyl halides is 6. The van der Waals surface area contributed by atoms with Crippen molar-refractivity contribution in [1.82, 2.24) is 0 Å². The lowest BCUT2D eigenvalue weighted by molar-refractivity contribution is -0.145. The van der Waals surface area contributed by atoms with Crippen LogP contribution in [0.15, 0.2) is 18.2 Å². The highest BCUT2D eigenvalue weighted by molar-refractivity contribution is 5.44. The fourth-order valence-electron chi connectivity index (χ4n) is 1.20. The van der Waals surface area contributed by atoms with Gasteiger partial charge in [-0.1, -0.05) is 6.07 Å². The second-order valence-electron chi connectivity index (χ2n) is 2.88. The molecule has 1 nitrogen and oxygen atoms in total. The number of para-hydroxylation sites is 1. The minimum Gasteiger partial charge on any atom is -0.495 e. The van der Waals surface area contributed by atoms with Gasteiger partial charge in [0, 0.05) is 0 Å². The van der Waals surface area contributed by atoms with Crippen molar-refractivity contribution in [2.24, 2.45) is 0 Å². The van der Waals surface area contributed by atoms with E-state index in [9.17, 15) is 26.3 Å². The third-order valence-electron chi connectivity index (χ3n) is 1.83. The number of benzene rings is 1. The van der Waals surface area contributed by atoms with Crippen LogP contribution in [0.5, 0.6) is 5.75 Å². The van der Waals surface area contributed by atoms with Gasteiger partial charge in [0.1, 0.15) is 5.75 Å². The van der Waals surface area contributed by atoms with Crippen molar-refractivity contribution in [2.75, 3.05) is 7.11 Å². The van der Waals surface area contributed by atoms with Crippen molar-refractivity contribution in [3.05, 3.63) is 29.3 Å². The van der Waals surface area contributed by atoms with Crippen LogP contribution < -0.4 is 4.74 Å². The van der Waals surface area contributed by atoms with Gasteiger partial charge in [-0.15, -0.1) is 0 Å². The van der Waals surface area contributed by atoms with E-state index in [2.05, 4.69) is 4.74 Å². The van der Waals surface area contributed by atoms with Crippen molar-refractivity contribution >= 4 is 0 Å². The molecule has 0 bridgehead atoms. The highest BCUT2D eigenvalue weighted by Crippen LogP contribution is 2.43. The molecule has 0 aliphatic heterocycles. The summed E-state index contributed by atoms with van der Waals surface area (Å²) in [5.74, 6) is -1.21. The van der Waals surface area contributed by atoms with E-state index in [-0.39, 0.29) is 0 Å². The van der Waals surface area contributed by atoms with Crippen LogP contribution in [0.25, 0.3) is 0 Å². The van der Waals surface area contributed by atoms with Crippen LogP contribution in [0.4, 0.5) is 26.3 Å². The van der Waals surface area contributed by atoms with Crippen LogP contribution in [0.1, 0.15) is 11.1 Å². The Bertz CT molecular complexity index is 346. The standard InChI is InChI=1S/C9H6F6O/c1-16-7-5(8(10,11)12)3-2-4-6(7)9(13,14)15/h2-4H,1H3. The molecular weight excluding hydrogens is 238 g/mol. The number of halogens is 6. The fraction of sp³-hybridized carbons (Fsp3) is 0.333. The van der Waals surface area contributed by atoms with Crippen LogP contribution in [0.3, 0.4) is 0 Å². The average molecular weight is 244 g/mol. The third-order valence-corrected chi connectivity index (χ3v) is 1.83. The lowest BCUT2D eigenvalue weighted by Gasteiger charge is -2.16. The van der Waals surface area contributed by atoms with Gasteiger partial charge in [0.15, 0.2) is 0 Å². The molecule has 1 aromatic carbocycles. The molecule has 0 atom stereocenters. The highest BCUT2D eigenvalue weighted by Gasteiger charge is 2.41. The minimum absolute atomic E-state index is 0.536. The largest absolute Gasteiger partial charge is 0.495 e. The molecule has 0 unspecified atom stereocenters. The Hall–Kier alpha value is -1.40. The van der Waals surface area contributed by atoms with Gasteiger partial charge in [-0.3, -0.25) is 0 Å². The van der Waals surface area contributed by atoms with Crippen molar-refractivity contribution in [3.63, 3.8) is 0 Å². The molecule has 7 heteroatoms. The summed E-state index contributed by atoms with van der Waals surface area (Å²) in [4.78, 5) is 0. The summed E-state index contributed by atoms with van der Waals surface area (Å²) in [5.41, 5.74) is -2.88. The molecule has 0 spiro atoms. The Labute approximate surface area is 86.6 Å². The van der Waals surface area contributed by atoms with Crippen LogP contribution in [0, 0.1) is 0 Å². The van der Waals surface area contributed by atoms with Gasteiger partial charge >= 0.3 is 12.4 Å². The van der Waals surface area contributed by atoms with E-state index in [0.29, 0.717) is 18.2 Å². The van der Waals surface area contributed by atoms with Gasteiger partial charge in [-0.25, -0.2) is 0 Å². The molecule has 90 valence electrons. The Morgan fingerprint density at radius 1 is 0.875 bits per heavy atom. The molecular formula is C9H6F6O. The van der Waals surface area contributed by atoms with Crippen molar-refractivity contribution < 1.29 is 31.1 Å². The maximum Gasteiger partial charge on any atom is 0.419 e. The Kier molecular flexibility index (Phi) is 3.07. The molecule has 1 rings (SSSR count). The number of ether oxygens (including phenoxy) is 1. The lowest BCUT2D eigenvalue weighted by Crippen LogP contribution is -2.13. The molecule has 0 aliphatic rings. The quantitative estimate of drug-likeness (QED) is 0.684. The van der Waals surface area contributed by atoms with E-state index in [1.807, 2.05) is 0 Å². The topological polar surface area (TPSA) is 9.23 Å². The molecule has 0 saturated carbocycles. The van der Waals surface area contributed by atoms with Gasteiger partial charge in [0.25, 0.3) is 0 Å². The van der Waals surface area contributed by atoms with E-state index in [1.165, 1.54) is 0 Å². The molecule has 1 aromatic rings. The van der Waals surface area contributed by atoms with E-state index in [4.69, 9.17) is 0 Å². The summed E-state index contributed by atoms with van der Waals surface area (Å²) < 4.78 is 78.3. The Morgan fingerprint density at radius 2 is 1.25 bits per heavy atom. The summed E-state index contributed by atoms with van der Waals surface area (Å²) in [6.45, 7) is 0. The second-order valence-corrected chi connectivity index (χ2v) is 2.88. The number of hydrogen-bond acceptors (Lipinski definition) is 1. The fourth-order valence-corrected chi connectivity index (χ4v) is 1.20. The summed E-state index contributed by atoms with van der Waals surface area (Å²) >= 11 is 0. The van der Waals surface area contributed by atoms with E-state index >= 15 is 0 Å². The van der Waals surface area contributed by atoms with E-state index < -0.39 is 29.2 Å². The minimum atomic E-state index is -4.88. The zero-order chi connectivity index (χ0) is 12.6. The Morgan fingerprint density at radius 3 is 1.50 bits per heavy atom. The summed E-state index contributed by atoms with van der Waals surface area (Å²) in [5, 5.41) is 0. The molecule has 0 fully saturated rings. The van der Waals surface area contributed by atoms with Gasteiger partial charge in [0.2, 0.25) is 0 Å². The number of methoxy groups -OCH3 is 1. The molecule has 0 aliphatic carbocycles. The van der Waals surface area contributed by atoms with Crippen LogP contribution >= 0.6 is 0 Å². The van der Waals surface area contributed by atoms with E-state index in [0.717, 1.165) is 7.11 Å². The van der Waals surface area contributed by atoms with Gasteiger partial charge in [-0.05, 0) is 12.1 Å². The molecule has 16 heavy (non-hydrogen) atoms. The smallest absolute Gasteiger partial charge is 0.419 e. The molecule has 0 amide bonds. The summed E-state index contributed by atoms with van der Waals surface area (Å²) in [6, 6.07) is 1.76. The van der Waals surface area contributed by atoms with Gasteiger partial charge in [0.05, 0.1) is 18.2 Å². The molecule has 0 heterocycles. The first-order valence-corrected chi connectivity index (χ1v) is 3.99. The maximum absolute atomic E-state index is 12.4. The molecule has 0 N–H and O–H groups in total.